The highest BCUT2D eigenvalue weighted by Crippen LogP contribution is 2.25. The van der Waals surface area contributed by atoms with Gasteiger partial charge in [-0.2, -0.15) is 0 Å². The zero-order valence-corrected chi connectivity index (χ0v) is 12.9. The Balaban J connectivity index is 1.98. The van der Waals surface area contributed by atoms with Crippen LogP contribution in [0.3, 0.4) is 0 Å². The van der Waals surface area contributed by atoms with E-state index in [2.05, 4.69) is 49.5 Å². The second kappa shape index (κ2) is 6.30. The molecule has 1 atom stereocenters. The van der Waals surface area contributed by atoms with Crippen LogP contribution in [0.4, 0.5) is 0 Å². The fourth-order valence-electron chi connectivity index (χ4n) is 2.49. The molecule has 0 amide bonds. The van der Waals surface area contributed by atoms with Crippen molar-refractivity contribution < 1.29 is 0 Å². The Morgan fingerprint density at radius 3 is 2.90 bits per heavy atom. The van der Waals surface area contributed by atoms with Crippen molar-refractivity contribution in [2.24, 2.45) is 5.84 Å². The maximum absolute atomic E-state index is 5.78. The standard InChI is InChI=1S/C16H15BrN4/c17-12-7-11(9-19-10-12)8-16(21-18)14-3-1-5-15-13(14)4-2-6-20-15/h1-7,9-10,16,21H,8,18H2. The van der Waals surface area contributed by atoms with Crippen molar-refractivity contribution in [2.45, 2.75) is 12.5 Å². The minimum Gasteiger partial charge on any atom is -0.271 e. The highest BCUT2D eigenvalue weighted by Gasteiger charge is 2.14. The van der Waals surface area contributed by atoms with Crippen molar-refractivity contribution >= 4 is 26.8 Å². The van der Waals surface area contributed by atoms with Gasteiger partial charge in [-0.3, -0.25) is 21.2 Å². The lowest BCUT2D eigenvalue weighted by molar-refractivity contribution is 0.554. The van der Waals surface area contributed by atoms with Gasteiger partial charge in [0.05, 0.1) is 11.6 Å². The molecule has 0 aliphatic carbocycles. The number of nitrogens with zero attached hydrogens (tertiary/aromatic N) is 2. The molecule has 1 aromatic carbocycles. The second-order valence-corrected chi connectivity index (χ2v) is 5.77. The highest BCUT2D eigenvalue weighted by molar-refractivity contribution is 9.10. The van der Waals surface area contributed by atoms with Crippen molar-refractivity contribution in [1.29, 1.82) is 0 Å². The van der Waals surface area contributed by atoms with Gasteiger partial charge < -0.3 is 0 Å². The van der Waals surface area contributed by atoms with Gasteiger partial charge >= 0.3 is 0 Å². The molecule has 4 nitrogen and oxygen atoms in total. The van der Waals surface area contributed by atoms with Crippen LogP contribution in [0.2, 0.25) is 0 Å². The van der Waals surface area contributed by atoms with E-state index >= 15 is 0 Å². The number of benzene rings is 1. The lowest BCUT2D eigenvalue weighted by Gasteiger charge is -2.18. The molecule has 0 aliphatic rings. The fourth-order valence-corrected chi connectivity index (χ4v) is 2.91. The normalized spacial score (nSPS) is 12.5. The summed E-state index contributed by atoms with van der Waals surface area (Å²) < 4.78 is 0.968. The number of hydrazine groups is 1. The number of hydrogen-bond acceptors (Lipinski definition) is 4. The topological polar surface area (TPSA) is 63.8 Å². The van der Waals surface area contributed by atoms with Crippen LogP contribution in [0, 0.1) is 0 Å². The summed E-state index contributed by atoms with van der Waals surface area (Å²) in [5.41, 5.74) is 6.14. The maximum atomic E-state index is 5.78. The van der Waals surface area contributed by atoms with E-state index < -0.39 is 0 Å². The van der Waals surface area contributed by atoms with E-state index in [1.807, 2.05) is 24.4 Å². The first-order valence-electron chi connectivity index (χ1n) is 6.67. The van der Waals surface area contributed by atoms with E-state index in [0.29, 0.717) is 0 Å². The van der Waals surface area contributed by atoms with Gasteiger partial charge in [-0.05, 0) is 51.7 Å². The molecule has 0 fully saturated rings. The van der Waals surface area contributed by atoms with E-state index in [4.69, 9.17) is 5.84 Å². The van der Waals surface area contributed by atoms with Crippen LogP contribution in [0.5, 0.6) is 0 Å². The van der Waals surface area contributed by atoms with Crippen molar-refractivity contribution in [2.75, 3.05) is 0 Å². The molecule has 2 aromatic heterocycles. The molecule has 106 valence electrons. The first-order valence-corrected chi connectivity index (χ1v) is 7.46. The summed E-state index contributed by atoms with van der Waals surface area (Å²) in [5.74, 6) is 5.78. The molecular formula is C16H15BrN4. The van der Waals surface area contributed by atoms with Crippen LogP contribution >= 0.6 is 15.9 Å². The van der Waals surface area contributed by atoms with Crippen LogP contribution < -0.4 is 11.3 Å². The molecule has 1 unspecified atom stereocenters. The Morgan fingerprint density at radius 1 is 1.19 bits per heavy atom. The average Bonchev–Trinajstić information content (AvgIpc) is 2.52. The summed E-state index contributed by atoms with van der Waals surface area (Å²) in [6.45, 7) is 0. The smallest absolute Gasteiger partial charge is 0.0705 e. The minimum absolute atomic E-state index is 0.00833. The second-order valence-electron chi connectivity index (χ2n) is 4.85. The summed E-state index contributed by atoms with van der Waals surface area (Å²) >= 11 is 3.45. The third kappa shape index (κ3) is 3.10. The molecule has 3 aromatic rings. The van der Waals surface area contributed by atoms with Crippen molar-refractivity contribution in [3.63, 3.8) is 0 Å². The molecule has 2 heterocycles. The van der Waals surface area contributed by atoms with Crippen molar-refractivity contribution in [1.82, 2.24) is 15.4 Å². The number of hydrogen-bond donors (Lipinski definition) is 2. The number of nitrogens with one attached hydrogen (secondary N) is 1. The minimum atomic E-state index is 0.00833. The molecule has 0 saturated carbocycles. The van der Waals surface area contributed by atoms with Gasteiger partial charge in [0.1, 0.15) is 0 Å². The van der Waals surface area contributed by atoms with E-state index in [1.54, 1.807) is 12.4 Å². The van der Waals surface area contributed by atoms with Gasteiger partial charge in [-0.1, -0.05) is 18.2 Å². The summed E-state index contributed by atoms with van der Waals surface area (Å²) in [5, 5.41) is 1.12. The number of halogens is 1. The third-order valence-corrected chi connectivity index (χ3v) is 3.89. The van der Waals surface area contributed by atoms with Crippen LogP contribution in [-0.4, -0.2) is 9.97 Å². The molecule has 0 bridgehead atoms. The fraction of sp³-hybridized carbons (Fsp3) is 0.125. The predicted octanol–water partition coefficient (Wildman–Crippen LogP) is 3.14. The number of pyridine rings is 2. The number of fused-ring (bicyclic) bond motifs is 1. The zero-order valence-electron chi connectivity index (χ0n) is 11.3. The molecule has 5 heteroatoms. The quantitative estimate of drug-likeness (QED) is 0.564. The largest absolute Gasteiger partial charge is 0.271 e. The predicted molar refractivity (Wildman–Crippen MR) is 87.4 cm³/mol. The Kier molecular flexibility index (Phi) is 4.24. The number of nitrogens with two attached hydrogens (primary N) is 1. The Morgan fingerprint density at radius 2 is 2.10 bits per heavy atom. The van der Waals surface area contributed by atoms with Gasteiger partial charge in [0.15, 0.2) is 0 Å². The zero-order chi connectivity index (χ0) is 14.7. The van der Waals surface area contributed by atoms with Crippen LogP contribution in [0.1, 0.15) is 17.2 Å². The van der Waals surface area contributed by atoms with Crippen LogP contribution in [0.15, 0.2) is 59.5 Å². The monoisotopic (exact) mass is 342 g/mol. The molecule has 0 aliphatic heterocycles. The Bertz CT molecular complexity index is 755. The van der Waals surface area contributed by atoms with Gasteiger partial charge in [0, 0.05) is 28.4 Å². The van der Waals surface area contributed by atoms with E-state index in [1.165, 1.54) is 0 Å². The maximum Gasteiger partial charge on any atom is 0.0705 e. The molecule has 0 radical (unpaired) electrons. The van der Waals surface area contributed by atoms with E-state index in [-0.39, 0.29) is 6.04 Å². The van der Waals surface area contributed by atoms with Crippen molar-refractivity contribution in [3.05, 3.63) is 70.6 Å². The Hall–Kier alpha value is -1.82. The molecule has 21 heavy (non-hydrogen) atoms. The lowest BCUT2D eigenvalue weighted by atomic mass is 9.96. The van der Waals surface area contributed by atoms with Crippen molar-refractivity contribution in [3.8, 4) is 0 Å². The van der Waals surface area contributed by atoms with Crippen LogP contribution in [0.25, 0.3) is 10.9 Å². The number of rotatable bonds is 4. The van der Waals surface area contributed by atoms with Gasteiger partial charge in [0.2, 0.25) is 0 Å². The SMILES string of the molecule is NNC(Cc1cncc(Br)c1)c1cccc2ncccc12. The molecule has 3 N–H and O–H groups in total. The molecular weight excluding hydrogens is 328 g/mol. The van der Waals surface area contributed by atoms with Crippen LogP contribution in [-0.2, 0) is 6.42 Å². The summed E-state index contributed by atoms with van der Waals surface area (Å²) in [7, 11) is 0. The first kappa shape index (κ1) is 14.1. The summed E-state index contributed by atoms with van der Waals surface area (Å²) in [6, 6.07) is 12.2. The van der Waals surface area contributed by atoms with Gasteiger partial charge in [-0.25, -0.2) is 0 Å². The van der Waals surface area contributed by atoms with E-state index in [0.717, 1.165) is 32.9 Å². The molecule has 3 rings (SSSR count). The number of aromatic nitrogens is 2. The molecule has 0 spiro atoms. The summed E-state index contributed by atoms with van der Waals surface area (Å²) in [6.07, 6.45) is 6.20. The van der Waals surface area contributed by atoms with Gasteiger partial charge in [0.25, 0.3) is 0 Å². The lowest BCUT2D eigenvalue weighted by Crippen LogP contribution is -2.29. The average molecular weight is 343 g/mol. The highest BCUT2D eigenvalue weighted by atomic mass is 79.9. The first-order chi connectivity index (χ1) is 10.3. The van der Waals surface area contributed by atoms with Gasteiger partial charge in [-0.15, -0.1) is 0 Å². The third-order valence-electron chi connectivity index (χ3n) is 3.46. The Labute approximate surface area is 131 Å². The summed E-state index contributed by atoms with van der Waals surface area (Å²) in [4.78, 5) is 8.59. The van der Waals surface area contributed by atoms with E-state index in [9.17, 15) is 0 Å². The molecule has 0 saturated heterocycles.